The van der Waals surface area contributed by atoms with Crippen molar-refractivity contribution in [2.24, 2.45) is 0 Å². The van der Waals surface area contributed by atoms with E-state index in [-0.39, 0.29) is 24.7 Å². The molecule has 0 aliphatic heterocycles. The van der Waals surface area contributed by atoms with Crippen molar-refractivity contribution in [3.05, 3.63) is 24.0 Å². The summed E-state index contributed by atoms with van der Waals surface area (Å²) in [6.07, 6.45) is 1.69. The van der Waals surface area contributed by atoms with Gasteiger partial charge in [-0.2, -0.15) is 4.31 Å². The molecule has 1 unspecified atom stereocenters. The summed E-state index contributed by atoms with van der Waals surface area (Å²) in [5.41, 5.74) is 0.385. The van der Waals surface area contributed by atoms with Crippen LogP contribution in [0.4, 0.5) is 0 Å². The Balaban J connectivity index is 2.96. The molecule has 8 heteroatoms. The van der Waals surface area contributed by atoms with Gasteiger partial charge >= 0.3 is 0 Å². The Morgan fingerprint density at radius 2 is 2.19 bits per heavy atom. The molecule has 0 spiro atoms. The highest BCUT2D eigenvalue weighted by atomic mass is 32.2. The first-order valence-electron chi connectivity index (χ1n) is 6.10. The van der Waals surface area contributed by atoms with E-state index < -0.39 is 16.1 Å². The Labute approximate surface area is 124 Å². The second-order valence-electron chi connectivity index (χ2n) is 4.26. The smallest absolute Gasteiger partial charge is 0.244 e. The number of likely N-dealkylation sites (N-methyl/N-ethyl adjacent to an activating group) is 1. The normalized spacial score (nSPS) is 12.8. The average molecular weight is 314 g/mol. The maximum absolute atomic E-state index is 12.3. The highest BCUT2D eigenvalue weighted by Crippen LogP contribution is 2.14. The van der Waals surface area contributed by atoms with E-state index in [9.17, 15) is 13.5 Å². The summed E-state index contributed by atoms with van der Waals surface area (Å²) >= 11 is 0. The molecule has 0 bridgehead atoms. The molecule has 1 aromatic heterocycles. The van der Waals surface area contributed by atoms with Crippen molar-refractivity contribution in [3.8, 4) is 11.8 Å². The van der Waals surface area contributed by atoms with Gasteiger partial charge in [-0.1, -0.05) is 11.8 Å². The summed E-state index contributed by atoms with van der Waals surface area (Å²) < 4.78 is 30.5. The highest BCUT2D eigenvalue weighted by molar-refractivity contribution is 7.89. The third-order valence-corrected chi connectivity index (χ3v) is 4.35. The van der Waals surface area contributed by atoms with Crippen molar-refractivity contribution >= 4 is 10.0 Å². The summed E-state index contributed by atoms with van der Waals surface area (Å²) in [6.45, 7) is -0.372. The number of nitrogens with zero attached hydrogens (tertiary/aromatic N) is 2. The zero-order valence-corrected chi connectivity index (χ0v) is 12.7. The van der Waals surface area contributed by atoms with Crippen LogP contribution in [-0.4, -0.2) is 67.9 Å². The molecule has 1 heterocycles. The number of aliphatic hydroxyl groups is 2. The molecule has 0 fully saturated rings. The predicted octanol–water partition coefficient (Wildman–Crippen LogP) is -0.947. The number of rotatable bonds is 6. The fourth-order valence-corrected chi connectivity index (χ4v) is 2.79. The highest BCUT2D eigenvalue weighted by Gasteiger charge is 2.23. The molecule has 7 nitrogen and oxygen atoms in total. The van der Waals surface area contributed by atoms with E-state index in [2.05, 4.69) is 16.8 Å². The molecule has 0 saturated heterocycles. The summed E-state index contributed by atoms with van der Waals surface area (Å²) in [7, 11) is -0.992. The number of hydrogen-bond donors (Lipinski definition) is 2. The van der Waals surface area contributed by atoms with Crippen LogP contribution in [0.1, 0.15) is 5.56 Å². The Kier molecular flexibility index (Phi) is 6.74. The number of pyridine rings is 1. The lowest BCUT2D eigenvalue weighted by Crippen LogP contribution is -2.36. The fraction of sp³-hybridized carbons (Fsp3) is 0.462. The van der Waals surface area contributed by atoms with Crippen LogP contribution in [0, 0.1) is 11.8 Å². The van der Waals surface area contributed by atoms with Crippen molar-refractivity contribution in [3.63, 3.8) is 0 Å². The number of methoxy groups -OCH3 is 1. The van der Waals surface area contributed by atoms with E-state index in [1.807, 2.05) is 0 Å². The number of aliphatic hydroxyl groups excluding tert-OH is 2. The monoisotopic (exact) mass is 314 g/mol. The molecule has 21 heavy (non-hydrogen) atoms. The Morgan fingerprint density at radius 3 is 2.81 bits per heavy atom. The summed E-state index contributed by atoms with van der Waals surface area (Å²) in [6, 6.07) is 1.37. The molecular formula is C13H18N2O5S. The Morgan fingerprint density at radius 1 is 1.48 bits per heavy atom. The van der Waals surface area contributed by atoms with Crippen molar-refractivity contribution in [1.29, 1.82) is 0 Å². The first kappa shape index (κ1) is 17.6. The number of hydrogen-bond acceptors (Lipinski definition) is 6. The SMILES string of the molecule is COCC(O)CN(C)S(=O)(=O)c1cncc(C#CCO)c1. The van der Waals surface area contributed by atoms with Gasteiger partial charge in [0.2, 0.25) is 10.0 Å². The van der Waals surface area contributed by atoms with Crippen LogP contribution in [-0.2, 0) is 14.8 Å². The predicted molar refractivity (Wildman–Crippen MR) is 75.9 cm³/mol. The standard InChI is InChI=1S/C13H18N2O5S/c1-15(9-12(17)10-20-2)21(18,19)13-6-11(4-3-5-16)7-14-8-13/h6-8,12,16-17H,5,9-10H2,1-2H3. The zero-order chi connectivity index (χ0) is 15.9. The van der Waals surface area contributed by atoms with Crippen molar-refractivity contribution < 1.29 is 23.4 Å². The molecule has 116 valence electrons. The van der Waals surface area contributed by atoms with Crippen LogP contribution < -0.4 is 0 Å². The molecule has 0 aliphatic rings. The fourth-order valence-electron chi connectivity index (χ4n) is 1.59. The zero-order valence-electron chi connectivity index (χ0n) is 11.9. The molecule has 0 aliphatic carbocycles. The molecule has 0 saturated carbocycles. The van der Waals surface area contributed by atoms with Gasteiger partial charge in [0.1, 0.15) is 11.5 Å². The summed E-state index contributed by atoms with van der Waals surface area (Å²) in [5, 5.41) is 18.2. The van der Waals surface area contributed by atoms with Crippen LogP contribution in [0.25, 0.3) is 0 Å². The maximum Gasteiger partial charge on any atom is 0.244 e. The third kappa shape index (κ3) is 5.08. The van der Waals surface area contributed by atoms with Crippen LogP contribution in [0.5, 0.6) is 0 Å². The van der Waals surface area contributed by atoms with Gasteiger partial charge in [0, 0.05) is 38.7 Å². The van der Waals surface area contributed by atoms with E-state index in [1.54, 1.807) is 0 Å². The van der Waals surface area contributed by atoms with Gasteiger partial charge in [-0.15, -0.1) is 0 Å². The van der Waals surface area contributed by atoms with E-state index in [4.69, 9.17) is 9.84 Å². The largest absolute Gasteiger partial charge is 0.389 e. The lowest BCUT2D eigenvalue weighted by atomic mass is 10.3. The molecule has 0 aromatic carbocycles. The van der Waals surface area contributed by atoms with Gasteiger partial charge < -0.3 is 14.9 Å². The first-order valence-corrected chi connectivity index (χ1v) is 7.54. The number of ether oxygens (including phenoxy) is 1. The lowest BCUT2D eigenvalue weighted by Gasteiger charge is -2.20. The van der Waals surface area contributed by atoms with Crippen LogP contribution >= 0.6 is 0 Å². The summed E-state index contributed by atoms with van der Waals surface area (Å²) in [4.78, 5) is 3.80. The molecule has 0 amide bonds. The molecule has 0 radical (unpaired) electrons. The van der Waals surface area contributed by atoms with Crippen molar-refractivity contribution in [1.82, 2.24) is 9.29 Å². The first-order chi connectivity index (χ1) is 9.91. The van der Waals surface area contributed by atoms with E-state index in [0.717, 1.165) is 4.31 Å². The minimum Gasteiger partial charge on any atom is -0.389 e. The van der Waals surface area contributed by atoms with Crippen molar-refractivity contribution in [2.75, 3.05) is 33.9 Å². The van der Waals surface area contributed by atoms with Crippen LogP contribution in [0.3, 0.4) is 0 Å². The third-order valence-electron chi connectivity index (χ3n) is 2.56. The molecule has 1 atom stereocenters. The molecular weight excluding hydrogens is 296 g/mol. The van der Waals surface area contributed by atoms with Crippen molar-refractivity contribution in [2.45, 2.75) is 11.0 Å². The minimum absolute atomic E-state index is 0.0284. The van der Waals surface area contributed by atoms with Gasteiger partial charge in [-0.05, 0) is 6.07 Å². The van der Waals surface area contributed by atoms with Gasteiger partial charge in [0.05, 0.1) is 12.7 Å². The maximum atomic E-state index is 12.3. The van der Waals surface area contributed by atoms with Crippen LogP contribution in [0.2, 0.25) is 0 Å². The van der Waals surface area contributed by atoms with Gasteiger partial charge in [-0.25, -0.2) is 8.42 Å². The van der Waals surface area contributed by atoms with E-state index >= 15 is 0 Å². The lowest BCUT2D eigenvalue weighted by molar-refractivity contribution is 0.0554. The Bertz CT molecular complexity index is 621. The van der Waals surface area contributed by atoms with Gasteiger partial charge in [0.15, 0.2) is 0 Å². The quantitative estimate of drug-likeness (QED) is 0.657. The number of sulfonamides is 1. The van der Waals surface area contributed by atoms with Crippen LogP contribution in [0.15, 0.2) is 23.4 Å². The topological polar surface area (TPSA) is 100.0 Å². The van der Waals surface area contributed by atoms with E-state index in [0.29, 0.717) is 5.56 Å². The molecule has 1 rings (SSSR count). The molecule has 2 N–H and O–H groups in total. The van der Waals surface area contributed by atoms with Gasteiger partial charge in [0.25, 0.3) is 0 Å². The second-order valence-corrected chi connectivity index (χ2v) is 6.31. The second kappa shape index (κ2) is 8.07. The van der Waals surface area contributed by atoms with Gasteiger partial charge in [-0.3, -0.25) is 4.98 Å². The molecule has 1 aromatic rings. The minimum atomic E-state index is -3.77. The summed E-state index contributed by atoms with van der Waals surface area (Å²) in [5.74, 6) is 5.01. The van der Waals surface area contributed by atoms with E-state index in [1.165, 1.54) is 32.6 Å². The number of aromatic nitrogens is 1. The Hall–Kier alpha value is -1.50. The average Bonchev–Trinajstić information content (AvgIpc) is 2.45.